The van der Waals surface area contributed by atoms with Crippen molar-refractivity contribution < 1.29 is 23.1 Å². The molecule has 0 saturated carbocycles. The maximum atomic E-state index is 13.1. The molecule has 3 rings (SSSR count). The summed E-state index contributed by atoms with van der Waals surface area (Å²) in [5, 5.41) is 9.66. The highest BCUT2D eigenvalue weighted by atomic mass is 79.9. The number of carbonyl (C=O) groups is 1. The summed E-state index contributed by atoms with van der Waals surface area (Å²) in [5.74, 6) is -0.368. The van der Waals surface area contributed by atoms with Gasteiger partial charge in [0, 0.05) is 22.5 Å². The van der Waals surface area contributed by atoms with E-state index in [2.05, 4.69) is 15.9 Å². The minimum atomic E-state index is -3.83. The molecule has 0 aliphatic carbocycles. The maximum absolute atomic E-state index is 13.1. The predicted octanol–water partition coefficient (Wildman–Crippen LogP) is 3.67. The van der Waals surface area contributed by atoms with E-state index in [0.717, 1.165) is 4.47 Å². The molecule has 0 radical (unpaired) electrons. The largest absolute Gasteiger partial charge is 0.497 e. The van der Waals surface area contributed by atoms with E-state index in [-0.39, 0.29) is 17.7 Å². The van der Waals surface area contributed by atoms with E-state index in [9.17, 15) is 13.2 Å². The lowest BCUT2D eigenvalue weighted by Crippen LogP contribution is -2.11. The molecule has 0 aliphatic rings. The molecule has 0 unspecified atom stereocenters. The zero-order valence-corrected chi connectivity index (χ0v) is 16.2. The molecule has 2 aromatic carbocycles. The van der Waals surface area contributed by atoms with Gasteiger partial charge in [0.2, 0.25) is 0 Å². The monoisotopic (exact) mass is 437 g/mol. The van der Waals surface area contributed by atoms with Gasteiger partial charge in [0.25, 0.3) is 10.0 Å². The Morgan fingerprint density at radius 2 is 1.88 bits per heavy atom. The van der Waals surface area contributed by atoms with E-state index in [1.807, 2.05) is 0 Å². The van der Waals surface area contributed by atoms with Gasteiger partial charge in [-0.1, -0.05) is 22.0 Å². The Bertz CT molecular complexity index is 1070. The van der Waals surface area contributed by atoms with E-state index in [0.29, 0.717) is 22.2 Å². The number of nitrogens with zero attached hydrogens (tertiary/aromatic N) is 1. The van der Waals surface area contributed by atoms with Crippen molar-refractivity contribution in [2.45, 2.75) is 17.7 Å². The Morgan fingerprint density at radius 1 is 1.19 bits per heavy atom. The number of rotatable bonds is 6. The molecule has 1 heterocycles. The summed E-state index contributed by atoms with van der Waals surface area (Å²) in [6.45, 7) is 0. The number of aliphatic carboxylic acids is 1. The number of carboxylic acids is 1. The molecule has 26 heavy (non-hydrogen) atoms. The summed E-state index contributed by atoms with van der Waals surface area (Å²) < 4.78 is 33.2. The molecule has 6 nitrogen and oxygen atoms in total. The van der Waals surface area contributed by atoms with Gasteiger partial charge in [0.15, 0.2) is 0 Å². The average Bonchev–Trinajstić information content (AvgIpc) is 2.98. The Kier molecular flexibility index (Phi) is 5.06. The standard InChI is InChI=1S/C18H16BrNO5S/c1-25-14-4-6-15(7-5-14)26(23,24)20-11-12(2-9-18(21)22)16-8-3-13(19)10-17(16)20/h3-8,10-11H,2,9H2,1H3,(H,21,22). The van der Waals surface area contributed by atoms with E-state index in [1.54, 1.807) is 30.3 Å². The van der Waals surface area contributed by atoms with Gasteiger partial charge in [0.05, 0.1) is 17.5 Å². The molecule has 1 N–H and O–H groups in total. The summed E-state index contributed by atoms with van der Waals surface area (Å²) in [6.07, 6.45) is 1.68. The first kappa shape index (κ1) is 18.5. The predicted molar refractivity (Wildman–Crippen MR) is 101 cm³/mol. The van der Waals surface area contributed by atoms with Crippen LogP contribution in [0.15, 0.2) is 58.0 Å². The normalized spacial score (nSPS) is 11.6. The minimum Gasteiger partial charge on any atom is -0.497 e. The first-order valence-corrected chi connectivity index (χ1v) is 9.97. The number of aromatic nitrogens is 1. The molecule has 0 aliphatic heterocycles. The zero-order valence-electron chi connectivity index (χ0n) is 13.8. The molecule has 8 heteroatoms. The number of hydrogen-bond donors (Lipinski definition) is 1. The molecule has 0 amide bonds. The minimum absolute atomic E-state index is 0.0717. The van der Waals surface area contributed by atoms with Crippen molar-refractivity contribution in [2.24, 2.45) is 0 Å². The first-order valence-electron chi connectivity index (χ1n) is 7.74. The Balaban J connectivity index is 2.15. The number of aryl methyl sites for hydroxylation is 1. The molecular weight excluding hydrogens is 422 g/mol. The molecule has 3 aromatic rings. The van der Waals surface area contributed by atoms with Gasteiger partial charge >= 0.3 is 5.97 Å². The summed E-state index contributed by atoms with van der Waals surface area (Å²) >= 11 is 3.36. The third kappa shape index (κ3) is 3.47. The van der Waals surface area contributed by atoms with Crippen LogP contribution in [0.4, 0.5) is 0 Å². The van der Waals surface area contributed by atoms with Gasteiger partial charge in [-0.3, -0.25) is 4.79 Å². The first-order chi connectivity index (χ1) is 12.3. The smallest absolute Gasteiger partial charge is 0.303 e. The fourth-order valence-electron chi connectivity index (χ4n) is 2.74. The van der Waals surface area contributed by atoms with Crippen molar-refractivity contribution in [1.29, 1.82) is 0 Å². The van der Waals surface area contributed by atoms with Crippen LogP contribution in [0.2, 0.25) is 0 Å². The highest BCUT2D eigenvalue weighted by molar-refractivity contribution is 9.10. The van der Waals surface area contributed by atoms with Gasteiger partial charge in [-0.2, -0.15) is 0 Å². The third-order valence-electron chi connectivity index (χ3n) is 4.04. The van der Waals surface area contributed by atoms with Crippen LogP contribution in [0.1, 0.15) is 12.0 Å². The quantitative estimate of drug-likeness (QED) is 0.635. The van der Waals surface area contributed by atoms with Crippen molar-refractivity contribution in [1.82, 2.24) is 3.97 Å². The van der Waals surface area contributed by atoms with Crippen molar-refractivity contribution in [3.8, 4) is 5.75 Å². The van der Waals surface area contributed by atoms with E-state index in [1.165, 1.54) is 29.4 Å². The van der Waals surface area contributed by atoms with E-state index >= 15 is 0 Å². The molecule has 0 bridgehead atoms. The van der Waals surface area contributed by atoms with Gasteiger partial charge in [-0.05, 0) is 48.4 Å². The van der Waals surface area contributed by atoms with Crippen molar-refractivity contribution >= 4 is 42.8 Å². The van der Waals surface area contributed by atoms with Crippen LogP contribution < -0.4 is 4.74 Å². The topological polar surface area (TPSA) is 85.6 Å². The molecule has 0 atom stereocenters. The number of ether oxygens (including phenoxy) is 1. The highest BCUT2D eigenvalue weighted by Gasteiger charge is 2.21. The SMILES string of the molecule is COc1ccc(S(=O)(=O)n2cc(CCC(=O)O)c3ccc(Br)cc32)cc1. The molecule has 0 saturated heterocycles. The van der Waals surface area contributed by atoms with Crippen LogP contribution in [-0.4, -0.2) is 30.6 Å². The maximum Gasteiger partial charge on any atom is 0.303 e. The Hall–Kier alpha value is -2.32. The van der Waals surface area contributed by atoms with Gasteiger partial charge in [-0.25, -0.2) is 12.4 Å². The average molecular weight is 438 g/mol. The number of carboxylic acid groups (broad SMARTS) is 1. The van der Waals surface area contributed by atoms with E-state index in [4.69, 9.17) is 9.84 Å². The molecule has 0 spiro atoms. The Labute approximate surface area is 159 Å². The van der Waals surface area contributed by atoms with Gasteiger partial charge in [0.1, 0.15) is 5.75 Å². The van der Waals surface area contributed by atoms with Gasteiger partial charge in [-0.15, -0.1) is 0 Å². The van der Waals surface area contributed by atoms with Crippen LogP contribution in [-0.2, 0) is 21.2 Å². The van der Waals surface area contributed by atoms with E-state index < -0.39 is 16.0 Å². The number of methoxy groups -OCH3 is 1. The van der Waals surface area contributed by atoms with Crippen LogP contribution in [0, 0.1) is 0 Å². The summed E-state index contributed by atoms with van der Waals surface area (Å²) in [6, 6.07) is 11.4. The fourth-order valence-corrected chi connectivity index (χ4v) is 4.47. The Morgan fingerprint density at radius 3 is 2.50 bits per heavy atom. The van der Waals surface area contributed by atoms with Crippen molar-refractivity contribution in [3.63, 3.8) is 0 Å². The summed E-state index contributed by atoms with van der Waals surface area (Å²) in [7, 11) is -2.32. The second kappa shape index (κ2) is 7.13. The fraction of sp³-hybridized carbons (Fsp3) is 0.167. The number of halogens is 1. The lowest BCUT2D eigenvalue weighted by atomic mass is 10.1. The zero-order chi connectivity index (χ0) is 18.9. The van der Waals surface area contributed by atoms with Gasteiger partial charge < -0.3 is 9.84 Å². The number of fused-ring (bicyclic) bond motifs is 1. The van der Waals surface area contributed by atoms with Crippen LogP contribution in [0.3, 0.4) is 0 Å². The summed E-state index contributed by atoms with van der Waals surface area (Å²) in [4.78, 5) is 11.0. The second-order valence-electron chi connectivity index (χ2n) is 5.69. The molecule has 0 fully saturated rings. The highest BCUT2D eigenvalue weighted by Crippen LogP contribution is 2.29. The lowest BCUT2D eigenvalue weighted by Gasteiger charge is -2.08. The summed E-state index contributed by atoms with van der Waals surface area (Å²) in [5.41, 5.74) is 1.17. The molecule has 1 aromatic heterocycles. The number of hydrogen-bond acceptors (Lipinski definition) is 4. The number of benzene rings is 2. The lowest BCUT2D eigenvalue weighted by molar-refractivity contribution is -0.136. The van der Waals surface area contributed by atoms with Crippen LogP contribution in [0.25, 0.3) is 10.9 Å². The third-order valence-corrected chi connectivity index (χ3v) is 6.22. The molecular formula is C18H16BrNO5S. The van der Waals surface area contributed by atoms with Crippen LogP contribution in [0.5, 0.6) is 5.75 Å². The second-order valence-corrected chi connectivity index (χ2v) is 8.42. The molecule has 136 valence electrons. The van der Waals surface area contributed by atoms with Crippen molar-refractivity contribution in [3.05, 3.63) is 58.7 Å². The van der Waals surface area contributed by atoms with Crippen molar-refractivity contribution in [2.75, 3.05) is 7.11 Å². The van der Waals surface area contributed by atoms with Crippen LogP contribution >= 0.6 is 15.9 Å².